The minimum absolute atomic E-state index is 0.543. The summed E-state index contributed by atoms with van der Waals surface area (Å²) in [7, 11) is 0. The van der Waals surface area contributed by atoms with E-state index in [4.69, 9.17) is 11.6 Å². The smallest absolute Gasteiger partial charge is 0.0929 e. The fourth-order valence-electron chi connectivity index (χ4n) is 2.84. The maximum atomic E-state index is 5.78. The van der Waals surface area contributed by atoms with E-state index >= 15 is 0 Å². The number of halogens is 1. The van der Waals surface area contributed by atoms with Crippen LogP contribution in [0.1, 0.15) is 49.7 Å². The quantitative estimate of drug-likeness (QED) is 0.727. The summed E-state index contributed by atoms with van der Waals surface area (Å²) >= 11 is 7.53. The van der Waals surface area contributed by atoms with E-state index < -0.39 is 0 Å². The molecule has 1 aliphatic heterocycles. The van der Waals surface area contributed by atoms with Gasteiger partial charge in [0.2, 0.25) is 0 Å². The predicted octanol–water partition coefficient (Wildman–Crippen LogP) is 4.33. The Balaban J connectivity index is 1.67. The largest absolute Gasteiger partial charge is 0.303 e. The van der Waals surface area contributed by atoms with E-state index in [2.05, 4.69) is 22.2 Å². The molecule has 1 atom stereocenters. The van der Waals surface area contributed by atoms with Gasteiger partial charge in [-0.2, -0.15) is 0 Å². The Morgan fingerprint density at radius 1 is 1.42 bits per heavy atom. The van der Waals surface area contributed by atoms with Gasteiger partial charge in [0, 0.05) is 11.8 Å². The SMILES string of the molecule is CCC1CCCN(CCCc2nc(CCl)cs2)CC1. The number of thiazole rings is 1. The molecule has 19 heavy (non-hydrogen) atoms. The van der Waals surface area contributed by atoms with E-state index in [9.17, 15) is 0 Å². The van der Waals surface area contributed by atoms with Crippen molar-refractivity contribution in [2.45, 2.75) is 51.3 Å². The average molecular weight is 301 g/mol. The fraction of sp³-hybridized carbons (Fsp3) is 0.800. The van der Waals surface area contributed by atoms with Gasteiger partial charge in [-0.25, -0.2) is 4.98 Å². The van der Waals surface area contributed by atoms with E-state index in [1.54, 1.807) is 11.3 Å². The highest BCUT2D eigenvalue weighted by atomic mass is 35.5. The number of likely N-dealkylation sites (tertiary alicyclic amines) is 1. The molecule has 1 aromatic rings. The Kier molecular flexibility index (Phi) is 6.62. The summed E-state index contributed by atoms with van der Waals surface area (Å²) < 4.78 is 0. The van der Waals surface area contributed by atoms with Crippen LogP contribution in [-0.2, 0) is 12.3 Å². The maximum Gasteiger partial charge on any atom is 0.0929 e. The molecule has 1 fully saturated rings. The summed E-state index contributed by atoms with van der Waals surface area (Å²) in [5.74, 6) is 1.51. The van der Waals surface area contributed by atoms with Gasteiger partial charge in [-0.3, -0.25) is 0 Å². The van der Waals surface area contributed by atoms with Gasteiger partial charge < -0.3 is 4.90 Å². The molecule has 1 aromatic heterocycles. The van der Waals surface area contributed by atoms with Crippen LogP contribution in [0.25, 0.3) is 0 Å². The summed E-state index contributed by atoms with van der Waals surface area (Å²) in [6, 6.07) is 0. The standard InChI is InChI=1S/C15H25ClN2S/c1-2-13-5-3-8-18(10-7-13)9-4-6-15-17-14(11-16)12-19-15/h12-13H,2-11H2,1H3. The van der Waals surface area contributed by atoms with Crippen molar-refractivity contribution in [2.75, 3.05) is 19.6 Å². The number of aryl methyl sites for hydroxylation is 1. The average Bonchev–Trinajstić information content (AvgIpc) is 2.77. The number of rotatable bonds is 6. The lowest BCUT2D eigenvalue weighted by molar-refractivity contribution is 0.277. The highest BCUT2D eigenvalue weighted by molar-refractivity contribution is 7.09. The first kappa shape index (κ1) is 15.3. The number of hydrogen-bond donors (Lipinski definition) is 0. The molecule has 0 amide bonds. The van der Waals surface area contributed by atoms with Gasteiger partial charge in [0.05, 0.1) is 16.6 Å². The van der Waals surface area contributed by atoms with Crippen molar-refractivity contribution in [1.82, 2.24) is 9.88 Å². The van der Waals surface area contributed by atoms with Gasteiger partial charge >= 0.3 is 0 Å². The molecule has 2 heterocycles. The number of hydrogen-bond acceptors (Lipinski definition) is 3. The van der Waals surface area contributed by atoms with Gasteiger partial charge in [0.25, 0.3) is 0 Å². The van der Waals surface area contributed by atoms with Crippen molar-refractivity contribution < 1.29 is 0 Å². The second-order valence-corrected chi connectivity index (χ2v) is 6.73. The lowest BCUT2D eigenvalue weighted by Crippen LogP contribution is -2.26. The van der Waals surface area contributed by atoms with Gasteiger partial charge in [0.15, 0.2) is 0 Å². The van der Waals surface area contributed by atoms with Gasteiger partial charge in [-0.15, -0.1) is 22.9 Å². The third-order valence-corrected chi connectivity index (χ3v) is 5.35. The van der Waals surface area contributed by atoms with Crippen LogP contribution in [0.3, 0.4) is 0 Å². The normalized spacial score (nSPS) is 21.5. The molecule has 4 heteroatoms. The molecular formula is C15H25ClN2S. The fourth-order valence-corrected chi connectivity index (χ4v) is 3.90. The van der Waals surface area contributed by atoms with Crippen molar-refractivity contribution in [2.24, 2.45) is 5.92 Å². The lowest BCUT2D eigenvalue weighted by atomic mass is 9.98. The summed E-state index contributed by atoms with van der Waals surface area (Å²) in [5.41, 5.74) is 1.03. The first-order chi connectivity index (χ1) is 9.31. The van der Waals surface area contributed by atoms with Crippen LogP contribution in [0.5, 0.6) is 0 Å². The summed E-state index contributed by atoms with van der Waals surface area (Å²) in [6.07, 6.45) is 7.89. The molecule has 2 rings (SSSR count). The van der Waals surface area contributed by atoms with Crippen LogP contribution in [0.4, 0.5) is 0 Å². The molecule has 0 aliphatic carbocycles. The van der Waals surface area contributed by atoms with Crippen LogP contribution in [0, 0.1) is 5.92 Å². The molecule has 0 saturated carbocycles. The summed E-state index contributed by atoms with van der Waals surface area (Å²) in [4.78, 5) is 7.17. The minimum Gasteiger partial charge on any atom is -0.303 e. The first-order valence-corrected chi connectivity index (χ1v) is 8.94. The van der Waals surface area contributed by atoms with Crippen LogP contribution in [0.15, 0.2) is 5.38 Å². The molecule has 1 saturated heterocycles. The highest BCUT2D eigenvalue weighted by Gasteiger charge is 2.15. The van der Waals surface area contributed by atoms with Crippen LogP contribution >= 0.6 is 22.9 Å². The zero-order chi connectivity index (χ0) is 13.5. The van der Waals surface area contributed by atoms with Crippen LogP contribution in [-0.4, -0.2) is 29.5 Å². The maximum absolute atomic E-state index is 5.78. The Hall–Kier alpha value is -0.120. The van der Waals surface area contributed by atoms with Crippen molar-refractivity contribution in [1.29, 1.82) is 0 Å². The molecule has 0 N–H and O–H groups in total. The van der Waals surface area contributed by atoms with Crippen molar-refractivity contribution >= 4 is 22.9 Å². The van der Waals surface area contributed by atoms with Crippen molar-refractivity contribution in [3.05, 3.63) is 16.1 Å². The molecule has 0 spiro atoms. The molecule has 2 nitrogen and oxygen atoms in total. The van der Waals surface area contributed by atoms with Crippen molar-refractivity contribution in [3.63, 3.8) is 0 Å². The second kappa shape index (κ2) is 8.23. The van der Waals surface area contributed by atoms with E-state index in [1.807, 2.05) is 0 Å². The Labute approximate surface area is 126 Å². The molecule has 1 aliphatic rings. The molecular weight excluding hydrogens is 276 g/mol. The lowest BCUT2D eigenvalue weighted by Gasteiger charge is -2.19. The first-order valence-electron chi connectivity index (χ1n) is 7.53. The Morgan fingerprint density at radius 3 is 3.05 bits per heavy atom. The molecule has 0 radical (unpaired) electrons. The van der Waals surface area contributed by atoms with E-state index in [1.165, 1.54) is 56.7 Å². The van der Waals surface area contributed by atoms with Crippen LogP contribution in [0.2, 0.25) is 0 Å². The number of nitrogens with zero attached hydrogens (tertiary/aromatic N) is 2. The van der Waals surface area contributed by atoms with Crippen molar-refractivity contribution in [3.8, 4) is 0 Å². The summed E-state index contributed by atoms with van der Waals surface area (Å²) in [5, 5.41) is 3.33. The topological polar surface area (TPSA) is 16.1 Å². The number of alkyl halides is 1. The Bertz CT molecular complexity index is 367. The molecule has 0 aromatic carbocycles. The van der Waals surface area contributed by atoms with E-state index in [-0.39, 0.29) is 0 Å². The van der Waals surface area contributed by atoms with Gasteiger partial charge in [-0.05, 0) is 51.2 Å². The second-order valence-electron chi connectivity index (χ2n) is 5.52. The zero-order valence-corrected chi connectivity index (χ0v) is 13.5. The molecule has 1 unspecified atom stereocenters. The molecule has 0 bridgehead atoms. The third kappa shape index (κ3) is 5.05. The monoisotopic (exact) mass is 300 g/mol. The predicted molar refractivity (Wildman–Crippen MR) is 84.1 cm³/mol. The van der Waals surface area contributed by atoms with E-state index in [0.717, 1.165) is 18.0 Å². The Morgan fingerprint density at radius 2 is 2.32 bits per heavy atom. The van der Waals surface area contributed by atoms with Gasteiger partial charge in [0.1, 0.15) is 0 Å². The third-order valence-electron chi connectivity index (χ3n) is 4.12. The molecule has 108 valence electrons. The van der Waals surface area contributed by atoms with Gasteiger partial charge in [-0.1, -0.05) is 13.3 Å². The highest BCUT2D eigenvalue weighted by Crippen LogP contribution is 2.20. The zero-order valence-electron chi connectivity index (χ0n) is 11.9. The van der Waals surface area contributed by atoms with E-state index in [0.29, 0.717) is 5.88 Å². The number of aromatic nitrogens is 1. The summed E-state index contributed by atoms with van der Waals surface area (Å²) in [6.45, 7) is 6.15. The van der Waals surface area contributed by atoms with Crippen LogP contribution < -0.4 is 0 Å². The minimum atomic E-state index is 0.543.